The molecule has 0 spiro atoms. The summed E-state index contributed by atoms with van der Waals surface area (Å²) in [7, 11) is 2.15. The van der Waals surface area contributed by atoms with E-state index in [2.05, 4.69) is 69.6 Å². The highest BCUT2D eigenvalue weighted by molar-refractivity contribution is 5.94. The molecule has 5 rings (SSSR count). The van der Waals surface area contributed by atoms with Crippen LogP contribution in [0, 0.1) is 5.92 Å². The smallest absolute Gasteiger partial charge is 0.253 e. The van der Waals surface area contributed by atoms with Gasteiger partial charge in [0.25, 0.3) is 5.91 Å². The molecule has 1 aromatic carbocycles. The highest BCUT2D eigenvalue weighted by Gasteiger charge is 2.30. The zero-order valence-electron chi connectivity index (χ0n) is 19.7. The number of likely N-dealkylation sites (N-methyl/N-ethyl adjacent to an activating group) is 1. The molecule has 3 atom stereocenters. The van der Waals surface area contributed by atoms with Crippen molar-refractivity contribution in [3.05, 3.63) is 65.6 Å². The van der Waals surface area contributed by atoms with Gasteiger partial charge < -0.3 is 5.32 Å². The minimum Gasteiger partial charge on any atom is -0.349 e. The molecular weight excluding hydrogens is 412 g/mol. The third-order valence-electron chi connectivity index (χ3n) is 7.40. The van der Waals surface area contributed by atoms with Gasteiger partial charge in [0, 0.05) is 38.4 Å². The van der Waals surface area contributed by atoms with Crippen LogP contribution in [0.15, 0.2) is 48.7 Å². The molecule has 0 radical (unpaired) electrons. The number of fused-ring (bicyclic) bond motifs is 1. The van der Waals surface area contributed by atoms with E-state index in [1.54, 1.807) is 0 Å². The molecule has 1 saturated heterocycles. The largest absolute Gasteiger partial charge is 0.349 e. The fourth-order valence-corrected chi connectivity index (χ4v) is 5.25. The molecule has 1 amide bonds. The average Bonchev–Trinajstić information content (AvgIpc) is 3.25. The number of carbonyl (C=O) groups excluding carboxylic acids is 1. The fraction of sp³-hybridized carbons (Fsp3) is 0.500. The predicted octanol–water partition coefficient (Wildman–Crippen LogP) is 3.53. The normalized spacial score (nSPS) is 24.7. The van der Waals surface area contributed by atoms with Gasteiger partial charge in [-0.15, -0.1) is 10.2 Å². The molecule has 1 aliphatic heterocycles. The molecule has 7 heteroatoms. The van der Waals surface area contributed by atoms with Crippen molar-refractivity contribution in [3.63, 3.8) is 0 Å². The number of hydrogen-bond acceptors (Lipinski definition) is 5. The highest BCUT2D eigenvalue weighted by atomic mass is 16.1. The van der Waals surface area contributed by atoms with Crippen LogP contribution in [-0.4, -0.2) is 63.0 Å². The Balaban J connectivity index is 1.35. The van der Waals surface area contributed by atoms with E-state index in [0.717, 1.165) is 44.1 Å². The first kappa shape index (κ1) is 22.0. The number of amides is 1. The molecule has 33 heavy (non-hydrogen) atoms. The molecule has 7 nitrogen and oxygen atoms in total. The number of carbonyl (C=O) groups is 1. The van der Waals surface area contributed by atoms with Crippen molar-refractivity contribution in [2.45, 2.75) is 51.2 Å². The van der Waals surface area contributed by atoms with E-state index in [4.69, 9.17) is 0 Å². The second-order valence-electron chi connectivity index (χ2n) is 9.76. The lowest BCUT2D eigenvalue weighted by atomic mass is 9.86. The first-order valence-electron chi connectivity index (χ1n) is 12.2. The van der Waals surface area contributed by atoms with Crippen molar-refractivity contribution in [2.24, 2.45) is 5.92 Å². The van der Waals surface area contributed by atoms with Gasteiger partial charge in [-0.05, 0) is 43.5 Å². The van der Waals surface area contributed by atoms with Crippen LogP contribution in [0.3, 0.4) is 0 Å². The lowest BCUT2D eigenvalue weighted by Gasteiger charge is -2.38. The Kier molecular flexibility index (Phi) is 6.42. The molecule has 2 fully saturated rings. The van der Waals surface area contributed by atoms with Crippen LogP contribution in [0.1, 0.15) is 60.4 Å². The van der Waals surface area contributed by atoms with E-state index in [0.29, 0.717) is 11.5 Å². The van der Waals surface area contributed by atoms with Crippen molar-refractivity contribution in [3.8, 4) is 0 Å². The van der Waals surface area contributed by atoms with Crippen LogP contribution < -0.4 is 5.32 Å². The van der Waals surface area contributed by atoms with Crippen molar-refractivity contribution in [2.75, 3.05) is 26.7 Å². The van der Waals surface area contributed by atoms with Gasteiger partial charge >= 0.3 is 0 Å². The number of piperazine rings is 1. The number of aromatic nitrogens is 3. The topological polar surface area (TPSA) is 65.8 Å². The molecule has 3 heterocycles. The summed E-state index contributed by atoms with van der Waals surface area (Å²) in [6, 6.07) is 14.7. The summed E-state index contributed by atoms with van der Waals surface area (Å²) >= 11 is 0. The minimum absolute atomic E-state index is 0.00185. The number of nitrogens with one attached hydrogen (secondary N) is 1. The van der Waals surface area contributed by atoms with E-state index in [-0.39, 0.29) is 18.0 Å². The standard InChI is InChI=1S/C26H34N6O/c1-19-8-6-7-11-22(19)27-26(33)21-12-13-24-28-29-25(32(24)17-21)23-18-31(15-14-30(23)2)16-20-9-4-3-5-10-20/h3-5,9-10,12-13,17,19,22-23H,6-8,11,14-16,18H2,1-2H3,(H,27,33)/t19-,22-,23+/m1/s1. The summed E-state index contributed by atoms with van der Waals surface area (Å²) in [6.45, 7) is 6.03. The molecule has 2 aliphatic rings. The summed E-state index contributed by atoms with van der Waals surface area (Å²) in [5, 5.41) is 12.2. The summed E-state index contributed by atoms with van der Waals surface area (Å²) in [6.07, 6.45) is 6.62. The second-order valence-corrected chi connectivity index (χ2v) is 9.76. The molecule has 1 saturated carbocycles. The lowest BCUT2D eigenvalue weighted by Crippen LogP contribution is -2.46. The van der Waals surface area contributed by atoms with Crippen LogP contribution in [-0.2, 0) is 6.54 Å². The third kappa shape index (κ3) is 4.80. The molecule has 174 valence electrons. The van der Waals surface area contributed by atoms with Crippen molar-refractivity contribution >= 4 is 11.6 Å². The predicted molar refractivity (Wildman–Crippen MR) is 129 cm³/mol. The SMILES string of the molecule is C[C@@H]1CCCC[C@H]1NC(=O)c1ccc2nnc([C@@H]3CN(Cc4ccccc4)CCN3C)n2c1. The zero-order chi connectivity index (χ0) is 22.8. The summed E-state index contributed by atoms with van der Waals surface area (Å²) in [5.74, 6) is 1.42. The molecule has 1 N–H and O–H groups in total. The molecule has 3 aromatic rings. The van der Waals surface area contributed by atoms with Gasteiger partial charge in [0.2, 0.25) is 0 Å². The first-order valence-corrected chi connectivity index (χ1v) is 12.2. The molecule has 0 bridgehead atoms. The fourth-order valence-electron chi connectivity index (χ4n) is 5.25. The van der Waals surface area contributed by atoms with Gasteiger partial charge in [-0.3, -0.25) is 19.0 Å². The van der Waals surface area contributed by atoms with Crippen LogP contribution in [0.5, 0.6) is 0 Å². The highest BCUT2D eigenvalue weighted by Crippen LogP contribution is 2.26. The van der Waals surface area contributed by atoms with Crippen molar-refractivity contribution < 1.29 is 4.79 Å². The maximum Gasteiger partial charge on any atom is 0.253 e. The van der Waals surface area contributed by atoms with Crippen LogP contribution >= 0.6 is 0 Å². The van der Waals surface area contributed by atoms with Gasteiger partial charge in [-0.25, -0.2) is 0 Å². The van der Waals surface area contributed by atoms with Gasteiger partial charge in [-0.1, -0.05) is 50.1 Å². The van der Waals surface area contributed by atoms with E-state index in [1.165, 1.54) is 24.8 Å². The van der Waals surface area contributed by atoms with Crippen LogP contribution in [0.4, 0.5) is 0 Å². The number of benzene rings is 1. The van der Waals surface area contributed by atoms with E-state index in [1.807, 2.05) is 22.7 Å². The van der Waals surface area contributed by atoms with Crippen LogP contribution in [0.25, 0.3) is 5.65 Å². The average molecular weight is 447 g/mol. The Morgan fingerprint density at radius 3 is 2.70 bits per heavy atom. The number of rotatable bonds is 5. The van der Waals surface area contributed by atoms with Gasteiger partial charge in [0.1, 0.15) is 0 Å². The third-order valence-corrected chi connectivity index (χ3v) is 7.40. The van der Waals surface area contributed by atoms with Gasteiger partial charge in [0.05, 0.1) is 11.6 Å². The molecular formula is C26H34N6O. The molecule has 1 aliphatic carbocycles. The first-order chi connectivity index (χ1) is 16.1. The second kappa shape index (κ2) is 9.61. The Morgan fingerprint density at radius 1 is 1.06 bits per heavy atom. The maximum absolute atomic E-state index is 13.0. The lowest BCUT2D eigenvalue weighted by molar-refractivity contribution is 0.0852. The van der Waals surface area contributed by atoms with E-state index in [9.17, 15) is 4.79 Å². The Labute approximate surface area is 195 Å². The monoisotopic (exact) mass is 446 g/mol. The maximum atomic E-state index is 13.0. The van der Waals surface area contributed by atoms with E-state index >= 15 is 0 Å². The minimum atomic E-state index is -0.00185. The summed E-state index contributed by atoms with van der Waals surface area (Å²) < 4.78 is 2.01. The molecule has 2 aromatic heterocycles. The zero-order valence-corrected chi connectivity index (χ0v) is 19.7. The summed E-state index contributed by atoms with van der Waals surface area (Å²) in [4.78, 5) is 17.9. The van der Waals surface area contributed by atoms with Gasteiger partial charge in [0.15, 0.2) is 11.5 Å². The number of nitrogens with zero attached hydrogens (tertiary/aromatic N) is 5. The number of pyridine rings is 1. The molecule has 0 unspecified atom stereocenters. The Morgan fingerprint density at radius 2 is 1.88 bits per heavy atom. The summed E-state index contributed by atoms with van der Waals surface area (Å²) in [5.41, 5.74) is 2.77. The quantitative estimate of drug-likeness (QED) is 0.650. The van der Waals surface area contributed by atoms with Gasteiger partial charge in [-0.2, -0.15) is 0 Å². The Hall–Kier alpha value is -2.77. The van der Waals surface area contributed by atoms with Crippen LogP contribution in [0.2, 0.25) is 0 Å². The van der Waals surface area contributed by atoms with E-state index < -0.39 is 0 Å². The Bertz CT molecular complexity index is 1100. The van der Waals surface area contributed by atoms with Crippen molar-refractivity contribution in [1.29, 1.82) is 0 Å². The number of hydrogen-bond donors (Lipinski definition) is 1. The van der Waals surface area contributed by atoms with Crippen molar-refractivity contribution in [1.82, 2.24) is 29.7 Å².